The number of aromatic nitrogens is 1. The van der Waals surface area contributed by atoms with Crippen molar-refractivity contribution >= 4 is 38.2 Å². The van der Waals surface area contributed by atoms with Crippen LogP contribution < -0.4 is 5.32 Å². The van der Waals surface area contributed by atoms with Gasteiger partial charge in [-0.3, -0.25) is 14.9 Å². The zero-order chi connectivity index (χ0) is 23.6. The molecule has 1 fully saturated rings. The van der Waals surface area contributed by atoms with E-state index in [2.05, 4.69) is 10.3 Å². The lowest BCUT2D eigenvalue weighted by molar-refractivity contribution is -0.387. The number of nitrogens with one attached hydrogen (secondary N) is 1. The Hall–Kier alpha value is -3.33. The number of nitro groups is 1. The topological polar surface area (TPSA) is 119 Å². The van der Waals surface area contributed by atoms with Crippen LogP contribution in [0.15, 0.2) is 59.5 Å². The predicted molar refractivity (Wildman–Crippen MR) is 126 cm³/mol. The number of nitrogens with zero attached hydrogens (tertiary/aromatic N) is 2. The SMILES string of the molecule is CS(=O)(=O)c1ccc(C(CC2CCCC2)C(=O)Nc2ccc3ccccc3n2)cc1[N+](=O)[O-]. The van der Waals surface area contributed by atoms with Gasteiger partial charge in [0, 0.05) is 17.7 Å². The molecular formula is C24H25N3O5S. The second kappa shape index (κ2) is 9.27. The van der Waals surface area contributed by atoms with Gasteiger partial charge >= 0.3 is 0 Å². The molecular weight excluding hydrogens is 442 g/mol. The molecule has 1 aliphatic carbocycles. The molecule has 0 spiro atoms. The minimum Gasteiger partial charge on any atom is -0.310 e. The maximum absolute atomic E-state index is 13.4. The molecule has 0 bridgehead atoms. The zero-order valence-corrected chi connectivity index (χ0v) is 19.0. The number of fused-ring (bicyclic) bond motifs is 1. The summed E-state index contributed by atoms with van der Waals surface area (Å²) in [5.74, 6) is -0.240. The van der Waals surface area contributed by atoms with Gasteiger partial charge in [-0.1, -0.05) is 49.9 Å². The number of pyridine rings is 1. The van der Waals surface area contributed by atoms with Crippen molar-refractivity contribution in [2.24, 2.45) is 5.92 Å². The summed E-state index contributed by atoms with van der Waals surface area (Å²) in [4.78, 5) is 28.4. The van der Waals surface area contributed by atoms with E-state index in [0.717, 1.165) is 42.8 Å². The molecule has 33 heavy (non-hydrogen) atoms. The van der Waals surface area contributed by atoms with E-state index >= 15 is 0 Å². The van der Waals surface area contributed by atoms with Gasteiger partial charge in [-0.05, 0) is 42.2 Å². The zero-order valence-electron chi connectivity index (χ0n) is 18.2. The summed E-state index contributed by atoms with van der Waals surface area (Å²) in [6, 6.07) is 15.1. The van der Waals surface area contributed by atoms with Gasteiger partial charge < -0.3 is 5.32 Å². The number of anilines is 1. The van der Waals surface area contributed by atoms with Crippen LogP contribution in [0.2, 0.25) is 0 Å². The Balaban J connectivity index is 1.69. The van der Waals surface area contributed by atoms with Gasteiger partial charge in [-0.15, -0.1) is 0 Å². The molecule has 0 aliphatic heterocycles. The third kappa shape index (κ3) is 5.19. The van der Waals surface area contributed by atoms with Gasteiger partial charge in [0.25, 0.3) is 5.69 Å². The quantitative estimate of drug-likeness (QED) is 0.392. The molecule has 1 heterocycles. The van der Waals surface area contributed by atoms with Gasteiger partial charge in [-0.2, -0.15) is 0 Å². The van der Waals surface area contributed by atoms with Crippen LogP contribution in [0, 0.1) is 16.0 Å². The number of hydrogen-bond acceptors (Lipinski definition) is 6. The van der Waals surface area contributed by atoms with E-state index in [9.17, 15) is 23.3 Å². The second-order valence-corrected chi connectivity index (χ2v) is 10.6. The smallest absolute Gasteiger partial charge is 0.288 e. The first kappa shape index (κ1) is 22.8. The molecule has 1 N–H and O–H groups in total. The predicted octanol–water partition coefficient (Wildman–Crippen LogP) is 4.85. The highest BCUT2D eigenvalue weighted by atomic mass is 32.2. The normalized spacial score (nSPS) is 15.4. The highest BCUT2D eigenvalue weighted by Gasteiger charge is 2.30. The van der Waals surface area contributed by atoms with Crippen LogP contribution in [0.4, 0.5) is 11.5 Å². The summed E-state index contributed by atoms with van der Waals surface area (Å²) in [7, 11) is -3.79. The van der Waals surface area contributed by atoms with E-state index in [1.54, 1.807) is 6.07 Å². The van der Waals surface area contributed by atoms with Crippen LogP contribution in [0.3, 0.4) is 0 Å². The summed E-state index contributed by atoms with van der Waals surface area (Å²) in [6.07, 6.45) is 5.66. The standard InChI is InChI=1S/C24H25N3O5S/c1-33(31,32)22-12-10-18(15-21(22)27(29)30)19(14-16-6-2-3-7-16)24(28)26-23-13-11-17-8-4-5-9-20(17)25-23/h4-5,8-13,15-16,19H,2-3,6-7,14H2,1H3,(H,25,26,28). The Labute approximate surface area is 192 Å². The summed E-state index contributed by atoms with van der Waals surface area (Å²) < 4.78 is 24.0. The van der Waals surface area contributed by atoms with Crippen molar-refractivity contribution in [2.45, 2.75) is 42.9 Å². The Bertz CT molecular complexity index is 1320. The summed E-state index contributed by atoms with van der Waals surface area (Å²) >= 11 is 0. The number of hydrogen-bond donors (Lipinski definition) is 1. The number of rotatable bonds is 7. The summed E-state index contributed by atoms with van der Waals surface area (Å²) in [5, 5.41) is 15.4. The van der Waals surface area contributed by atoms with E-state index in [-0.39, 0.29) is 10.8 Å². The lowest BCUT2D eigenvalue weighted by Gasteiger charge is -2.21. The highest BCUT2D eigenvalue weighted by molar-refractivity contribution is 7.90. The lowest BCUT2D eigenvalue weighted by atomic mass is 9.87. The molecule has 1 atom stereocenters. The Kier molecular flexibility index (Phi) is 6.42. The number of carbonyl (C=O) groups excluding carboxylic acids is 1. The van der Waals surface area contributed by atoms with Gasteiger partial charge in [0.05, 0.1) is 16.4 Å². The minimum absolute atomic E-state index is 0.314. The molecule has 3 aromatic rings. The average molecular weight is 468 g/mol. The number of carbonyl (C=O) groups is 1. The van der Waals surface area contributed by atoms with Crippen molar-refractivity contribution in [3.8, 4) is 0 Å². The van der Waals surface area contributed by atoms with E-state index in [1.165, 1.54) is 18.2 Å². The average Bonchev–Trinajstić information content (AvgIpc) is 3.29. The lowest BCUT2D eigenvalue weighted by Crippen LogP contribution is -2.24. The van der Waals surface area contributed by atoms with Crippen molar-refractivity contribution in [1.82, 2.24) is 4.98 Å². The van der Waals surface area contributed by atoms with E-state index in [4.69, 9.17) is 0 Å². The van der Waals surface area contributed by atoms with Gasteiger partial charge in [0.1, 0.15) is 10.7 Å². The van der Waals surface area contributed by atoms with Crippen LogP contribution in [0.1, 0.15) is 43.6 Å². The number of benzene rings is 2. The molecule has 0 radical (unpaired) electrons. The number of sulfone groups is 1. The van der Waals surface area contributed by atoms with Crippen LogP contribution in [0.25, 0.3) is 10.9 Å². The molecule has 1 aliphatic rings. The van der Waals surface area contributed by atoms with Crippen molar-refractivity contribution in [3.05, 3.63) is 70.3 Å². The molecule has 9 heteroatoms. The molecule has 172 valence electrons. The van der Waals surface area contributed by atoms with Crippen molar-refractivity contribution in [3.63, 3.8) is 0 Å². The van der Waals surface area contributed by atoms with Crippen LogP contribution in [-0.2, 0) is 14.6 Å². The molecule has 4 rings (SSSR count). The van der Waals surface area contributed by atoms with E-state index in [1.807, 2.05) is 30.3 Å². The van der Waals surface area contributed by atoms with E-state index < -0.39 is 26.4 Å². The Morgan fingerprint density at radius 1 is 1.15 bits per heavy atom. The second-order valence-electron chi connectivity index (χ2n) is 8.57. The van der Waals surface area contributed by atoms with Gasteiger partial charge in [-0.25, -0.2) is 13.4 Å². The third-order valence-corrected chi connectivity index (χ3v) is 7.34. The number of amides is 1. The van der Waals surface area contributed by atoms with Crippen LogP contribution >= 0.6 is 0 Å². The molecule has 1 amide bonds. The number of para-hydroxylation sites is 1. The van der Waals surface area contributed by atoms with Crippen LogP contribution in [-0.4, -0.2) is 30.5 Å². The van der Waals surface area contributed by atoms with Gasteiger partial charge in [0.2, 0.25) is 5.91 Å². The molecule has 2 aromatic carbocycles. The molecule has 1 unspecified atom stereocenters. The monoisotopic (exact) mass is 467 g/mol. The molecule has 1 aromatic heterocycles. The van der Waals surface area contributed by atoms with Crippen molar-refractivity contribution in [2.75, 3.05) is 11.6 Å². The van der Waals surface area contributed by atoms with Crippen molar-refractivity contribution in [1.29, 1.82) is 0 Å². The molecule has 0 saturated heterocycles. The summed E-state index contributed by atoms with van der Waals surface area (Å²) in [5.41, 5.74) is 0.665. The van der Waals surface area contributed by atoms with Crippen LogP contribution in [0.5, 0.6) is 0 Å². The summed E-state index contributed by atoms with van der Waals surface area (Å²) in [6.45, 7) is 0. The fourth-order valence-corrected chi connectivity index (χ4v) is 5.36. The molecule has 1 saturated carbocycles. The van der Waals surface area contributed by atoms with Crippen molar-refractivity contribution < 1.29 is 18.1 Å². The highest BCUT2D eigenvalue weighted by Crippen LogP contribution is 2.37. The minimum atomic E-state index is -3.79. The maximum Gasteiger partial charge on any atom is 0.288 e. The number of nitro benzene ring substituents is 1. The Morgan fingerprint density at radius 3 is 2.58 bits per heavy atom. The first-order valence-corrected chi connectivity index (χ1v) is 12.8. The Morgan fingerprint density at radius 2 is 1.88 bits per heavy atom. The van der Waals surface area contributed by atoms with E-state index in [0.29, 0.717) is 23.7 Å². The largest absolute Gasteiger partial charge is 0.310 e. The first-order valence-electron chi connectivity index (χ1n) is 10.9. The molecule has 8 nitrogen and oxygen atoms in total. The first-order chi connectivity index (χ1) is 15.7. The maximum atomic E-state index is 13.4. The third-order valence-electron chi connectivity index (χ3n) is 6.19. The van der Waals surface area contributed by atoms with Gasteiger partial charge in [0.15, 0.2) is 9.84 Å². The fraction of sp³-hybridized carbons (Fsp3) is 0.333. The fourth-order valence-electron chi connectivity index (χ4n) is 4.53.